The van der Waals surface area contributed by atoms with Crippen molar-refractivity contribution in [2.24, 2.45) is 0 Å². The number of para-hydroxylation sites is 2. The molecule has 4 N–H and O–H groups in total. The minimum absolute atomic E-state index is 0.768. The standard InChI is InChI=1S/C20H18N4/c21-16-9-5-14(6-10-16)13-22-17-11-7-15(8-12-17)20-23-18-3-1-2-4-19(18)24-20/h1-12,22H,13,21H2,(H,23,24). The van der Waals surface area contributed by atoms with Gasteiger partial charge in [0, 0.05) is 23.5 Å². The van der Waals surface area contributed by atoms with Gasteiger partial charge in [0.1, 0.15) is 5.82 Å². The molecular weight excluding hydrogens is 296 g/mol. The second kappa shape index (κ2) is 6.08. The van der Waals surface area contributed by atoms with E-state index in [1.807, 2.05) is 48.5 Å². The average Bonchev–Trinajstić information content (AvgIpc) is 3.06. The fraction of sp³-hybridized carbons (Fsp3) is 0.0500. The van der Waals surface area contributed by atoms with Gasteiger partial charge in [0.25, 0.3) is 0 Å². The Morgan fingerprint density at radius 1 is 0.875 bits per heavy atom. The smallest absolute Gasteiger partial charge is 0.138 e. The fourth-order valence-corrected chi connectivity index (χ4v) is 2.68. The summed E-state index contributed by atoms with van der Waals surface area (Å²) in [6.45, 7) is 0.768. The summed E-state index contributed by atoms with van der Waals surface area (Å²) in [5, 5.41) is 3.41. The molecule has 0 aliphatic rings. The van der Waals surface area contributed by atoms with E-state index in [1.54, 1.807) is 0 Å². The number of aromatic nitrogens is 2. The van der Waals surface area contributed by atoms with E-state index in [2.05, 4.69) is 39.6 Å². The summed E-state index contributed by atoms with van der Waals surface area (Å²) in [5.41, 5.74) is 11.9. The van der Waals surface area contributed by atoms with E-state index in [0.29, 0.717) is 0 Å². The number of benzene rings is 3. The minimum atomic E-state index is 0.768. The fourth-order valence-electron chi connectivity index (χ4n) is 2.68. The van der Waals surface area contributed by atoms with E-state index in [1.165, 1.54) is 5.56 Å². The molecule has 1 aromatic heterocycles. The molecule has 0 atom stereocenters. The van der Waals surface area contributed by atoms with Gasteiger partial charge in [-0.1, -0.05) is 24.3 Å². The Morgan fingerprint density at radius 3 is 2.38 bits per heavy atom. The third kappa shape index (κ3) is 2.94. The van der Waals surface area contributed by atoms with Crippen molar-refractivity contribution in [3.05, 3.63) is 78.4 Å². The zero-order valence-corrected chi connectivity index (χ0v) is 13.2. The van der Waals surface area contributed by atoms with Crippen molar-refractivity contribution in [1.82, 2.24) is 9.97 Å². The monoisotopic (exact) mass is 314 g/mol. The van der Waals surface area contributed by atoms with Crippen LogP contribution in [0.4, 0.5) is 11.4 Å². The van der Waals surface area contributed by atoms with E-state index in [-0.39, 0.29) is 0 Å². The molecule has 0 bridgehead atoms. The van der Waals surface area contributed by atoms with Crippen molar-refractivity contribution in [2.45, 2.75) is 6.54 Å². The van der Waals surface area contributed by atoms with Gasteiger partial charge in [0.05, 0.1) is 11.0 Å². The van der Waals surface area contributed by atoms with Gasteiger partial charge in [-0.3, -0.25) is 0 Å². The van der Waals surface area contributed by atoms with Gasteiger partial charge in [-0.05, 0) is 54.1 Å². The molecular formula is C20H18N4. The van der Waals surface area contributed by atoms with Gasteiger partial charge < -0.3 is 16.0 Å². The summed E-state index contributed by atoms with van der Waals surface area (Å²) in [6, 6.07) is 24.2. The molecule has 0 amide bonds. The zero-order valence-electron chi connectivity index (χ0n) is 13.2. The number of nitrogens with one attached hydrogen (secondary N) is 2. The number of nitrogens with two attached hydrogens (primary N) is 1. The predicted molar refractivity (Wildman–Crippen MR) is 99.7 cm³/mol. The molecule has 0 radical (unpaired) electrons. The number of nitrogens with zero attached hydrogens (tertiary/aromatic N) is 1. The Hall–Kier alpha value is -3.27. The van der Waals surface area contributed by atoms with Gasteiger partial charge in [-0.15, -0.1) is 0 Å². The Morgan fingerprint density at radius 2 is 1.62 bits per heavy atom. The summed E-state index contributed by atoms with van der Waals surface area (Å²) < 4.78 is 0. The van der Waals surface area contributed by atoms with E-state index >= 15 is 0 Å². The van der Waals surface area contributed by atoms with Crippen molar-refractivity contribution in [3.63, 3.8) is 0 Å². The van der Waals surface area contributed by atoms with Crippen molar-refractivity contribution in [2.75, 3.05) is 11.1 Å². The molecule has 0 spiro atoms. The molecule has 4 heteroatoms. The highest BCUT2D eigenvalue weighted by Crippen LogP contribution is 2.22. The molecule has 0 saturated carbocycles. The predicted octanol–water partition coefficient (Wildman–Crippen LogP) is 4.42. The van der Waals surface area contributed by atoms with Gasteiger partial charge in [-0.2, -0.15) is 0 Å². The maximum atomic E-state index is 5.70. The van der Waals surface area contributed by atoms with Crippen molar-refractivity contribution in [1.29, 1.82) is 0 Å². The minimum Gasteiger partial charge on any atom is -0.399 e. The number of hydrogen-bond acceptors (Lipinski definition) is 3. The lowest BCUT2D eigenvalue weighted by Gasteiger charge is -2.07. The Kier molecular flexibility index (Phi) is 3.63. The van der Waals surface area contributed by atoms with Crippen molar-refractivity contribution in [3.8, 4) is 11.4 Å². The summed E-state index contributed by atoms with van der Waals surface area (Å²) in [7, 11) is 0. The Balaban J connectivity index is 1.48. The number of imidazole rings is 1. The maximum Gasteiger partial charge on any atom is 0.138 e. The van der Waals surface area contributed by atoms with Crippen LogP contribution in [0.3, 0.4) is 0 Å². The molecule has 0 saturated heterocycles. The number of fused-ring (bicyclic) bond motifs is 1. The second-order valence-corrected chi connectivity index (χ2v) is 5.78. The first-order valence-electron chi connectivity index (χ1n) is 7.91. The molecule has 0 aliphatic carbocycles. The van der Waals surface area contributed by atoms with Crippen molar-refractivity contribution < 1.29 is 0 Å². The average molecular weight is 314 g/mol. The van der Waals surface area contributed by atoms with Crippen molar-refractivity contribution >= 4 is 22.4 Å². The molecule has 0 fully saturated rings. The van der Waals surface area contributed by atoms with Crippen LogP contribution < -0.4 is 11.1 Å². The lowest BCUT2D eigenvalue weighted by molar-refractivity contribution is 1.15. The quantitative estimate of drug-likeness (QED) is 0.488. The number of anilines is 2. The number of aromatic amines is 1. The third-order valence-electron chi connectivity index (χ3n) is 4.02. The summed E-state index contributed by atoms with van der Waals surface area (Å²) in [6.07, 6.45) is 0. The highest BCUT2D eigenvalue weighted by molar-refractivity contribution is 5.79. The maximum absolute atomic E-state index is 5.70. The van der Waals surface area contributed by atoms with E-state index in [9.17, 15) is 0 Å². The normalized spacial score (nSPS) is 10.8. The highest BCUT2D eigenvalue weighted by Gasteiger charge is 2.04. The topological polar surface area (TPSA) is 66.7 Å². The van der Waals surface area contributed by atoms with Crippen LogP contribution in [0.5, 0.6) is 0 Å². The SMILES string of the molecule is Nc1ccc(CNc2ccc(-c3nc4ccccc4[nH]3)cc2)cc1. The summed E-state index contributed by atoms with van der Waals surface area (Å²) in [4.78, 5) is 7.98. The first-order valence-corrected chi connectivity index (χ1v) is 7.91. The van der Waals surface area contributed by atoms with Crippen LogP contribution in [-0.2, 0) is 6.54 Å². The van der Waals surface area contributed by atoms with Gasteiger partial charge in [0.15, 0.2) is 0 Å². The molecule has 4 aromatic rings. The number of hydrogen-bond donors (Lipinski definition) is 3. The molecule has 3 aromatic carbocycles. The Bertz CT molecular complexity index is 920. The van der Waals surface area contributed by atoms with Crippen LogP contribution in [0.25, 0.3) is 22.4 Å². The molecule has 0 unspecified atom stereocenters. The Labute approximate surface area is 140 Å². The third-order valence-corrected chi connectivity index (χ3v) is 4.02. The van der Waals surface area contributed by atoms with Crippen LogP contribution in [0, 0.1) is 0 Å². The lowest BCUT2D eigenvalue weighted by Crippen LogP contribution is -1.99. The van der Waals surface area contributed by atoms with Crippen LogP contribution in [0.1, 0.15) is 5.56 Å². The van der Waals surface area contributed by atoms with Crippen LogP contribution in [0.2, 0.25) is 0 Å². The molecule has 4 nitrogen and oxygen atoms in total. The summed E-state index contributed by atoms with van der Waals surface area (Å²) in [5.74, 6) is 0.890. The number of H-pyrrole nitrogens is 1. The van der Waals surface area contributed by atoms with Crippen LogP contribution >= 0.6 is 0 Å². The van der Waals surface area contributed by atoms with Gasteiger partial charge in [-0.25, -0.2) is 4.98 Å². The second-order valence-electron chi connectivity index (χ2n) is 5.78. The van der Waals surface area contributed by atoms with E-state index < -0.39 is 0 Å². The largest absolute Gasteiger partial charge is 0.399 e. The summed E-state index contributed by atoms with van der Waals surface area (Å²) >= 11 is 0. The van der Waals surface area contributed by atoms with E-state index in [4.69, 9.17) is 5.73 Å². The highest BCUT2D eigenvalue weighted by atomic mass is 14.9. The first kappa shape index (κ1) is 14.3. The molecule has 4 rings (SSSR count). The zero-order chi connectivity index (χ0) is 16.4. The van der Waals surface area contributed by atoms with Gasteiger partial charge in [0.2, 0.25) is 0 Å². The molecule has 1 heterocycles. The van der Waals surface area contributed by atoms with Gasteiger partial charge >= 0.3 is 0 Å². The first-order chi connectivity index (χ1) is 11.8. The molecule has 0 aliphatic heterocycles. The number of rotatable bonds is 4. The lowest BCUT2D eigenvalue weighted by atomic mass is 10.1. The molecule has 118 valence electrons. The molecule has 24 heavy (non-hydrogen) atoms. The number of nitrogen functional groups attached to an aromatic ring is 1. The van der Waals surface area contributed by atoms with E-state index in [0.717, 1.165) is 40.3 Å². The van der Waals surface area contributed by atoms with Crippen LogP contribution in [0.15, 0.2) is 72.8 Å². The van der Waals surface area contributed by atoms with Crippen LogP contribution in [-0.4, -0.2) is 9.97 Å².